The largest absolute Gasteiger partial charge is 0.404 e. The molecular weight excluding hydrogens is 273 g/mol. The monoisotopic (exact) mass is 294 g/mol. The Labute approximate surface area is 116 Å². The van der Waals surface area contributed by atoms with Crippen LogP contribution in [-0.4, -0.2) is 56.9 Å². The van der Waals surface area contributed by atoms with Gasteiger partial charge in [-0.1, -0.05) is 0 Å². The molecule has 20 heavy (non-hydrogen) atoms. The first-order valence-corrected chi connectivity index (χ1v) is 6.96. The van der Waals surface area contributed by atoms with Crippen LogP contribution < -0.4 is 5.32 Å². The average molecular weight is 294 g/mol. The van der Waals surface area contributed by atoms with Gasteiger partial charge in [0, 0.05) is 33.4 Å². The molecule has 0 saturated carbocycles. The van der Waals surface area contributed by atoms with Gasteiger partial charge in [-0.15, -0.1) is 0 Å². The van der Waals surface area contributed by atoms with Gasteiger partial charge in [-0.3, -0.25) is 4.79 Å². The van der Waals surface area contributed by atoms with Crippen LogP contribution in [0.1, 0.15) is 19.3 Å². The van der Waals surface area contributed by atoms with Gasteiger partial charge in [0.25, 0.3) is 0 Å². The zero-order chi connectivity index (χ0) is 14.8. The Balaban J connectivity index is 2.03. The highest BCUT2D eigenvalue weighted by atomic mass is 19.4. The summed E-state index contributed by atoms with van der Waals surface area (Å²) in [7, 11) is 1.61. The number of ether oxygens (including phenoxy) is 1. The average Bonchev–Trinajstić information content (AvgIpc) is 2.89. The summed E-state index contributed by atoms with van der Waals surface area (Å²) in [6.45, 7) is 1.34. The molecule has 2 fully saturated rings. The highest BCUT2D eigenvalue weighted by Gasteiger charge is 2.62. The van der Waals surface area contributed by atoms with Crippen LogP contribution >= 0.6 is 0 Å². The number of hydrogen-bond acceptors (Lipinski definition) is 3. The van der Waals surface area contributed by atoms with E-state index in [4.69, 9.17) is 4.74 Å². The van der Waals surface area contributed by atoms with E-state index in [9.17, 15) is 18.0 Å². The Morgan fingerprint density at radius 2 is 2.05 bits per heavy atom. The van der Waals surface area contributed by atoms with E-state index in [-0.39, 0.29) is 19.5 Å². The third-order valence-corrected chi connectivity index (χ3v) is 4.41. The predicted octanol–water partition coefficient (Wildman–Crippen LogP) is 1.41. The lowest BCUT2D eigenvalue weighted by atomic mass is 9.83. The van der Waals surface area contributed by atoms with Crippen molar-refractivity contribution in [2.75, 3.05) is 39.9 Å². The van der Waals surface area contributed by atoms with Crippen molar-refractivity contribution in [3.05, 3.63) is 0 Å². The second-order valence-electron chi connectivity index (χ2n) is 5.70. The second-order valence-corrected chi connectivity index (χ2v) is 5.70. The molecule has 0 aromatic rings. The fourth-order valence-corrected chi connectivity index (χ4v) is 3.08. The standard InChI is InChI=1S/C13H21F3N2O2/c1-20-8-10-2-6-18(7-3-10)11(19)12(13(14,15)16)4-5-17-9-12/h10,17H,2-9H2,1H3. The number of alkyl halides is 3. The Hall–Kier alpha value is -0.820. The lowest BCUT2D eigenvalue weighted by Gasteiger charge is -2.38. The lowest BCUT2D eigenvalue weighted by Crippen LogP contribution is -2.55. The normalized spacial score (nSPS) is 28.9. The summed E-state index contributed by atoms with van der Waals surface area (Å²) in [5, 5.41) is 2.68. The molecule has 0 aromatic heterocycles. The van der Waals surface area contributed by atoms with Crippen molar-refractivity contribution in [3.63, 3.8) is 0 Å². The highest BCUT2D eigenvalue weighted by Crippen LogP contribution is 2.44. The van der Waals surface area contributed by atoms with Gasteiger partial charge in [-0.25, -0.2) is 0 Å². The van der Waals surface area contributed by atoms with Crippen LogP contribution in [0.25, 0.3) is 0 Å². The smallest absolute Gasteiger partial charge is 0.384 e. The lowest BCUT2D eigenvalue weighted by molar-refractivity contribution is -0.222. The van der Waals surface area contributed by atoms with Gasteiger partial charge >= 0.3 is 6.18 Å². The van der Waals surface area contributed by atoms with Crippen molar-refractivity contribution in [1.82, 2.24) is 10.2 Å². The fourth-order valence-electron chi connectivity index (χ4n) is 3.08. The highest BCUT2D eigenvalue weighted by molar-refractivity contribution is 5.84. The maximum atomic E-state index is 13.3. The molecule has 2 saturated heterocycles. The molecule has 4 nitrogen and oxygen atoms in total. The molecule has 2 aliphatic heterocycles. The zero-order valence-electron chi connectivity index (χ0n) is 11.6. The quantitative estimate of drug-likeness (QED) is 0.856. The number of carbonyl (C=O) groups is 1. The van der Waals surface area contributed by atoms with Crippen LogP contribution in [0, 0.1) is 11.3 Å². The van der Waals surface area contributed by atoms with E-state index in [0.717, 1.165) is 0 Å². The van der Waals surface area contributed by atoms with Gasteiger partial charge in [-0.05, 0) is 31.7 Å². The number of likely N-dealkylation sites (tertiary alicyclic amines) is 1. The van der Waals surface area contributed by atoms with Gasteiger partial charge in [-0.2, -0.15) is 13.2 Å². The molecule has 1 unspecified atom stereocenters. The van der Waals surface area contributed by atoms with E-state index < -0.39 is 17.5 Å². The van der Waals surface area contributed by atoms with Crippen LogP contribution in [0.4, 0.5) is 13.2 Å². The number of carbonyl (C=O) groups excluding carboxylic acids is 1. The molecule has 0 aromatic carbocycles. The van der Waals surface area contributed by atoms with Gasteiger partial charge in [0.2, 0.25) is 5.91 Å². The molecule has 2 heterocycles. The molecule has 0 spiro atoms. The third kappa shape index (κ3) is 2.79. The first-order valence-electron chi connectivity index (χ1n) is 6.96. The predicted molar refractivity (Wildman–Crippen MR) is 67.2 cm³/mol. The van der Waals surface area contributed by atoms with E-state index >= 15 is 0 Å². The van der Waals surface area contributed by atoms with E-state index in [2.05, 4.69) is 5.32 Å². The first-order chi connectivity index (χ1) is 9.40. The van der Waals surface area contributed by atoms with Crippen molar-refractivity contribution in [2.45, 2.75) is 25.4 Å². The number of hydrogen-bond donors (Lipinski definition) is 1. The van der Waals surface area contributed by atoms with Gasteiger partial charge in [0.15, 0.2) is 5.41 Å². The summed E-state index contributed by atoms with van der Waals surface area (Å²) < 4.78 is 45.0. The molecule has 1 amide bonds. The summed E-state index contributed by atoms with van der Waals surface area (Å²) in [6, 6.07) is 0. The molecule has 1 atom stereocenters. The SMILES string of the molecule is COCC1CCN(C(=O)C2(C(F)(F)F)CCNC2)CC1. The Morgan fingerprint density at radius 1 is 1.40 bits per heavy atom. The van der Waals surface area contributed by atoms with E-state index in [1.54, 1.807) is 7.11 Å². The number of nitrogens with one attached hydrogen (secondary N) is 1. The number of halogens is 3. The summed E-state index contributed by atoms with van der Waals surface area (Å²) in [5.41, 5.74) is -2.22. The van der Waals surface area contributed by atoms with E-state index in [1.807, 2.05) is 0 Å². The summed E-state index contributed by atoms with van der Waals surface area (Å²) in [6.07, 6.45) is -3.23. The second kappa shape index (κ2) is 5.89. The van der Waals surface area contributed by atoms with Crippen LogP contribution in [0.15, 0.2) is 0 Å². The maximum Gasteiger partial charge on any atom is 0.404 e. The summed E-state index contributed by atoms with van der Waals surface area (Å²) >= 11 is 0. The van der Waals surface area contributed by atoms with Crippen molar-refractivity contribution >= 4 is 5.91 Å². The van der Waals surface area contributed by atoms with Crippen LogP contribution in [-0.2, 0) is 9.53 Å². The number of piperidine rings is 1. The Kier molecular flexibility index (Phi) is 4.59. The summed E-state index contributed by atoms with van der Waals surface area (Å²) in [5.74, 6) is -0.418. The molecule has 116 valence electrons. The molecule has 2 rings (SSSR count). The topological polar surface area (TPSA) is 41.6 Å². The van der Waals surface area contributed by atoms with Crippen LogP contribution in [0.3, 0.4) is 0 Å². The molecule has 1 N–H and O–H groups in total. The molecule has 0 bridgehead atoms. The number of rotatable bonds is 3. The summed E-state index contributed by atoms with van der Waals surface area (Å²) in [4.78, 5) is 13.7. The van der Waals surface area contributed by atoms with E-state index in [1.165, 1.54) is 4.90 Å². The fraction of sp³-hybridized carbons (Fsp3) is 0.923. The van der Waals surface area contributed by atoms with Crippen molar-refractivity contribution in [2.24, 2.45) is 11.3 Å². The molecule has 7 heteroatoms. The zero-order valence-corrected chi connectivity index (χ0v) is 11.6. The van der Waals surface area contributed by atoms with Crippen molar-refractivity contribution in [3.8, 4) is 0 Å². The van der Waals surface area contributed by atoms with Gasteiger partial charge < -0.3 is 15.0 Å². The minimum absolute atomic E-state index is 0.159. The molecule has 0 radical (unpaired) electrons. The van der Waals surface area contributed by atoms with Crippen molar-refractivity contribution < 1.29 is 22.7 Å². The van der Waals surface area contributed by atoms with E-state index in [0.29, 0.717) is 38.5 Å². The Bertz CT molecular complexity index is 346. The van der Waals surface area contributed by atoms with Crippen molar-refractivity contribution in [1.29, 1.82) is 0 Å². The minimum atomic E-state index is -4.49. The maximum absolute atomic E-state index is 13.3. The number of nitrogens with zero attached hydrogens (tertiary/aromatic N) is 1. The van der Waals surface area contributed by atoms with Crippen LogP contribution in [0.5, 0.6) is 0 Å². The first kappa shape index (κ1) is 15.6. The van der Waals surface area contributed by atoms with Gasteiger partial charge in [0.1, 0.15) is 0 Å². The number of methoxy groups -OCH3 is 1. The number of amides is 1. The van der Waals surface area contributed by atoms with Crippen LogP contribution in [0.2, 0.25) is 0 Å². The minimum Gasteiger partial charge on any atom is -0.384 e. The Morgan fingerprint density at radius 3 is 2.50 bits per heavy atom. The molecule has 0 aliphatic carbocycles. The third-order valence-electron chi connectivity index (χ3n) is 4.41. The molecule has 2 aliphatic rings. The molecular formula is C13H21F3N2O2. The van der Waals surface area contributed by atoms with Gasteiger partial charge in [0.05, 0.1) is 0 Å².